The third-order valence-corrected chi connectivity index (χ3v) is 5.25. The Bertz CT molecular complexity index is 283. The molecule has 96 valence electrons. The summed E-state index contributed by atoms with van der Waals surface area (Å²) in [5.74, 6) is 1.08. The highest BCUT2D eigenvalue weighted by atomic mass is 15.3. The van der Waals surface area contributed by atoms with E-state index in [4.69, 9.17) is 0 Å². The summed E-state index contributed by atoms with van der Waals surface area (Å²) >= 11 is 0. The number of rotatable bonds is 3. The van der Waals surface area contributed by atoms with Crippen molar-refractivity contribution in [3.8, 4) is 0 Å². The number of hydrogen-bond acceptors (Lipinski definition) is 1. The number of nitrogens with zero attached hydrogens (tertiary/aromatic N) is 1. The molecule has 2 aliphatic carbocycles. The van der Waals surface area contributed by atoms with Gasteiger partial charge in [0.15, 0.2) is 0 Å². The van der Waals surface area contributed by atoms with E-state index in [-0.39, 0.29) is 0 Å². The smallest absolute Gasteiger partial charge is 0.0284 e. The van der Waals surface area contributed by atoms with E-state index in [1.165, 1.54) is 57.8 Å². The van der Waals surface area contributed by atoms with Crippen LogP contribution in [-0.2, 0) is 0 Å². The largest absolute Gasteiger partial charge is 0.290 e. The van der Waals surface area contributed by atoms with Gasteiger partial charge in [-0.3, -0.25) is 4.90 Å². The average molecular weight is 233 g/mol. The second kappa shape index (κ2) is 5.14. The molecule has 3 aliphatic rings. The van der Waals surface area contributed by atoms with E-state index in [0.29, 0.717) is 0 Å². The van der Waals surface area contributed by atoms with Crippen LogP contribution in [0.3, 0.4) is 0 Å². The molecule has 0 N–H and O–H groups in total. The van der Waals surface area contributed by atoms with Gasteiger partial charge < -0.3 is 0 Å². The Hall–Kier alpha value is -0.300. The number of likely N-dealkylation sites (tertiary alicyclic amines) is 1. The normalized spacial score (nSPS) is 43.8. The van der Waals surface area contributed by atoms with Crippen LogP contribution < -0.4 is 0 Å². The molecular formula is C16H27N. The predicted molar refractivity (Wildman–Crippen MR) is 73.1 cm³/mol. The van der Waals surface area contributed by atoms with Crippen LogP contribution >= 0.6 is 0 Å². The van der Waals surface area contributed by atoms with Crippen molar-refractivity contribution in [1.82, 2.24) is 4.90 Å². The zero-order valence-electron chi connectivity index (χ0n) is 11.3. The summed E-state index contributed by atoms with van der Waals surface area (Å²) in [5.41, 5.74) is 0. The second-order valence-corrected chi connectivity index (χ2v) is 6.25. The van der Waals surface area contributed by atoms with Gasteiger partial charge >= 0.3 is 0 Å². The second-order valence-electron chi connectivity index (χ2n) is 6.25. The van der Waals surface area contributed by atoms with Gasteiger partial charge in [0.25, 0.3) is 0 Å². The van der Waals surface area contributed by atoms with Crippen molar-refractivity contribution in [2.75, 3.05) is 0 Å². The number of fused-ring (bicyclic) bond motifs is 1. The molecule has 1 saturated carbocycles. The van der Waals surface area contributed by atoms with E-state index in [9.17, 15) is 0 Å². The molecule has 0 aromatic rings. The Kier molecular flexibility index (Phi) is 3.56. The Morgan fingerprint density at radius 2 is 2.06 bits per heavy atom. The minimum Gasteiger partial charge on any atom is -0.290 e. The lowest BCUT2D eigenvalue weighted by atomic mass is 9.63. The van der Waals surface area contributed by atoms with E-state index in [0.717, 1.165) is 24.0 Å². The molecule has 2 unspecified atom stereocenters. The fraction of sp³-hybridized carbons (Fsp3) is 0.875. The average Bonchev–Trinajstić information content (AvgIpc) is 2.24. The third kappa shape index (κ3) is 2.07. The summed E-state index contributed by atoms with van der Waals surface area (Å²) in [5, 5.41) is 0. The van der Waals surface area contributed by atoms with E-state index < -0.39 is 0 Å². The Morgan fingerprint density at radius 1 is 1.12 bits per heavy atom. The maximum absolute atomic E-state index is 2.89. The third-order valence-electron chi connectivity index (χ3n) is 5.25. The Morgan fingerprint density at radius 3 is 2.82 bits per heavy atom. The molecule has 0 spiro atoms. The molecule has 1 saturated heterocycles. The van der Waals surface area contributed by atoms with Gasteiger partial charge in [-0.1, -0.05) is 38.3 Å². The fourth-order valence-corrected chi connectivity index (χ4v) is 4.23. The molecule has 0 bridgehead atoms. The van der Waals surface area contributed by atoms with E-state index in [1.807, 2.05) is 0 Å². The van der Waals surface area contributed by atoms with Gasteiger partial charge in [-0.2, -0.15) is 0 Å². The summed E-state index contributed by atoms with van der Waals surface area (Å²) in [6, 6.07) is 2.70. The molecule has 0 aromatic carbocycles. The molecule has 1 heteroatoms. The quantitative estimate of drug-likeness (QED) is 0.662. The molecule has 0 aromatic heterocycles. The summed E-state index contributed by atoms with van der Waals surface area (Å²) in [6.45, 7) is 2.35. The topological polar surface area (TPSA) is 3.24 Å². The lowest BCUT2D eigenvalue weighted by Gasteiger charge is -2.64. The predicted octanol–water partition coefficient (Wildman–Crippen LogP) is 4.14. The van der Waals surface area contributed by atoms with Crippen LogP contribution in [0.15, 0.2) is 12.2 Å². The lowest BCUT2D eigenvalue weighted by molar-refractivity contribution is -0.141. The molecule has 4 atom stereocenters. The Balaban J connectivity index is 1.66. The van der Waals surface area contributed by atoms with E-state index >= 15 is 0 Å². The summed E-state index contributed by atoms with van der Waals surface area (Å²) < 4.78 is 0. The molecule has 1 heterocycles. The summed E-state index contributed by atoms with van der Waals surface area (Å²) in [6.07, 6.45) is 17.8. The standard InChI is InChI=1S/C16H27N/c1-2-8-15-14-11-12-16(14)17(15)13-9-6-4-3-5-7-10-13/h6,9,13-16H,2-5,7-8,10-12H2,1H3/b9-6-/t13?,14?,15-,16-/m1/s1. The van der Waals surface area contributed by atoms with Gasteiger partial charge in [0, 0.05) is 18.1 Å². The highest BCUT2D eigenvalue weighted by Gasteiger charge is 2.54. The van der Waals surface area contributed by atoms with Crippen molar-refractivity contribution < 1.29 is 0 Å². The SMILES string of the molecule is CCC[C@@H]1C2CC[C@H]2N1C1/C=C\CCCCC1. The maximum Gasteiger partial charge on any atom is 0.0284 e. The van der Waals surface area contributed by atoms with Gasteiger partial charge in [0.2, 0.25) is 0 Å². The number of allylic oxidation sites excluding steroid dienone is 1. The first-order valence-corrected chi connectivity index (χ1v) is 7.86. The van der Waals surface area contributed by atoms with Gasteiger partial charge in [0.05, 0.1) is 0 Å². The fourth-order valence-electron chi connectivity index (χ4n) is 4.23. The van der Waals surface area contributed by atoms with Crippen molar-refractivity contribution in [3.05, 3.63) is 12.2 Å². The Labute approximate surface area is 106 Å². The molecule has 3 rings (SSSR count). The summed E-state index contributed by atoms with van der Waals surface area (Å²) in [4.78, 5) is 2.89. The monoisotopic (exact) mass is 233 g/mol. The highest BCUT2D eigenvalue weighted by molar-refractivity contribution is 5.12. The van der Waals surface area contributed by atoms with Crippen molar-refractivity contribution in [1.29, 1.82) is 0 Å². The van der Waals surface area contributed by atoms with Crippen molar-refractivity contribution in [2.45, 2.75) is 82.8 Å². The van der Waals surface area contributed by atoms with Crippen LogP contribution in [0.2, 0.25) is 0 Å². The number of hydrogen-bond donors (Lipinski definition) is 0. The van der Waals surface area contributed by atoms with Crippen LogP contribution in [0, 0.1) is 5.92 Å². The first kappa shape index (κ1) is 11.8. The molecule has 0 radical (unpaired) electrons. The molecule has 17 heavy (non-hydrogen) atoms. The van der Waals surface area contributed by atoms with Crippen LogP contribution in [0.1, 0.15) is 64.7 Å². The lowest BCUT2D eigenvalue weighted by Crippen LogP contribution is -2.71. The van der Waals surface area contributed by atoms with Crippen LogP contribution in [0.4, 0.5) is 0 Å². The van der Waals surface area contributed by atoms with Crippen LogP contribution in [-0.4, -0.2) is 23.0 Å². The van der Waals surface area contributed by atoms with Crippen molar-refractivity contribution in [3.63, 3.8) is 0 Å². The summed E-state index contributed by atoms with van der Waals surface area (Å²) in [7, 11) is 0. The first-order chi connectivity index (χ1) is 8.42. The maximum atomic E-state index is 2.89. The van der Waals surface area contributed by atoms with Crippen LogP contribution in [0.25, 0.3) is 0 Å². The van der Waals surface area contributed by atoms with Gasteiger partial charge in [-0.15, -0.1) is 0 Å². The minimum absolute atomic E-state index is 0.786. The van der Waals surface area contributed by atoms with Crippen molar-refractivity contribution >= 4 is 0 Å². The van der Waals surface area contributed by atoms with E-state index in [1.54, 1.807) is 0 Å². The van der Waals surface area contributed by atoms with Gasteiger partial charge in [-0.05, 0) is 44.4 Å². The van der Waals surface area contributed by atoms with Gasteiger partial charge in [0.1, 0.15) is 0 Å². The van der Waals surface area contributed by atoms with Crippen LogP contribution in [0.5, 0.6) is 0 Å². The molecule has 1 nitrogen and oxygen atoms in total. The van der Waals surface area contributed by atoms with E-state index in [2.05, 4.69) is 24.0 Å². The molecule has 1 aliphatic heterocycles. The van der Waals surface area contributed by atoms with Gasteiger partial charge in [-0.25, -0.2) is 0 Å². The minimum atomic E-state index is 0.786. The molecular weight excluding hydrogens is 206 g/mol. The highest BCUT2D eigenvalue weighted by Crippen LogP contribution is 2.50. The number of piperidine rings is 1. The zero-order valence-corrected chi connectivity index (χ0v) is 11.3. The first-order valence-electron chi connectivity index (χ1n) is 7.86. The molecule has 0 amide bonds. The zero-order chi connectivity index (χ0) is 11.7. The van der Waals surface area contributed by atoms with Crippen molar-refractivity contribution in [2.24, 2.45) is 5.92 Å². The molecule has 2 fully saturated rings.